The fraction of sp³-hybridized carbons (Fsp3) is 0.500. The summed E-state index contributed by atoms with van der Waals surface area (Å²) in [7, 11) is 0. The van der Waals surface area contributed by atoms with Crippen LogP contribution < -0.4 is 0 Å². The number of ether oxygens (including phenoxy) is 1. The number of fused-ring (bicyclic) bond motifs is 2. The monoisotopic (exact) mass is 289 g/mol. The lowest BCUT2D eigenvalue weighted by Gasteiger charge is -2.65. The first-order valence-electron chi connectivity index (χ1n) is 6.99. The number of amides is 1. The standard InChI is InChI=1S/C16H19NO2S/c1-10(2)17-13(18)16(12-8-6-5-7-9-12)11(3)15(4,19-16)14(17)20/h5-11H,1-4H3/t11-,15+,16+/m0/s1. The van der Waals surface area contributed by atoms with Crippen molar-refractivity contribution >= 4 is 23.1 Å². The van der Waals surface area contributed by atoms with Gasteiger partial charge < -0.3 is 4.74 Å². The molecule has 0 spiro atoms. The summed E-state index contributed by atoms with van der Waals surface area (Å²) in [6.45, 7) is 8.02. The smallest absolute Gasteiger partial charge is 0.265 e. The normalized spacial score (nSPS) is 36.2. The Bertz CT molecular complexity index is 585. The van der Waals surface area contributed by atoms with Gasteiger partial charge in [0.05, 0.1) is 0 Å². The van der Waals surface area contributed by atoms with Gasteiger partial charge in [-0.25, -0.2) is 0 Å². The molecule has 20 heavy (non-hydrogen) atoms. The Morgan fingerprint density at radius 2 is 1.90 bits per heavy atom. The first kappa shape index (κ1) is 13.7. The second-order valence-electron chi connectivity index (χ2n) is 6.11. The van der Waals surface area contributed by atoms with E-state index in [0.29, 0.717) is 4.99 Å². The van der Waals surface area contributed by atoms with Gasteiger partial charge in [-0.15, -0.1) is 0 Å². The average Bonchev–Trinajstić information content (AvgIpc) is 2.43. The van der Waals surface area contributed by atoms with Gasteiger partial charge in [-0.05, 0) is 26.3 Å². The van der Waals surface area contributed by atoms with Crippen molar-refractivity contribution < 1.29 is 9.53 Å². The van der Waals surface area contributed by atoms with Gasteiger partial charge in [0.15, 0.2) is 5.60 Å². The van der Waals surface area contributed by atoms with Crippen LogP contribution in [0.4, 0.5) is 0 Å². The molecule has 1 amide bonds. The van der Waals surface area contributed by atoms with E-state index in [-0.39, 0.29) is 17.9 Å². The van der Waals surface area contributed by atoms with Gasteiger partial charge in [-0.1, -0.05) is 49.5 Å². The van der Waals surface area contributed by atoms with Gasteiger partial charge in [-0.2, -0.15) is 0 Å². The molecule has 4 heteroatoms. The number of nitrogens with zero attached hydrogens (tertiary/aromatic N) is 1. The number of hydrogen-bond acceptors (Lipinski definition) is 3. The molecule has 0 N–H and O–H groups in total. The molecule has 0 radical (unpaired) electrons. The second-order valence-corrected chi connectivity index (χ2v) is 6.49. The van der Waals surface area contributed by atoms with Crippen molar-refractivity contribution in [3.05, 3.63) is 35.9 Å². The van der Waals surface area contributed by atoms with Crippen LogP contribution >= 0.6 is 12.2 Å². The van der Waals surface area contributed by atoms with E-state index in [4.69, 9.17) is 17.0 Å². The van der Waals surface area contributed by atoms with Crippen LogP contribution in [-0.2, 0) is 15.1 Å². The Kier molecular flexibility index (Phi) is 2.82. The molecule has 0 aromatic heterocycles. The minimum Gasteiger partial charge on any atom is -0.346 e. The molecule has 3 heterocycles. The fourth-order valence-electron chi connectivity index (χ4n) is 3.40. The Morgan fingerprint density at radius 3 is 2.40 bits per heavy atom. The number of carbonyl (C=O) groups excluding carboxylic acids is 1. The zero-order valence-corrected chi connectivity index (χ0v) is 13.0. The van der Waals surface area contributed by atoms with E-state index < -0.39 is 11.2 Å². The van der Waals surface area contributed by atoms with E-state index in [0.717, 1.165) is 5.56 Å². The van der Waals surface area contributed by atoms with Gasteiger partial charge in [0.2, 0.25) is 0 Å². The van der Waals surface area contributed by atoms with Crippen molar-refractivity contribution in [1.82, 2.24) is 4.90 Å². The highest BCUT2D eigenvalue weighted by atomic mass is 32.1. The Hall–Kier alpha value is -1.26. The first-order chi connectivity index (χ1) is 9.35. The lowest BCUT2D eigenvalue weighted by Crippen LogP contribution is -2.81. The third-order valence-corrected chi connectivity index (χ3v) is 5.31. The molecule has 3 aliphatic rings. The van der Waals surface area contributed by atoms with Crippen LogP contribution in [0.3, 0.4) is 0 Å². The summed E-state index contributed by atoms with van der Waals surface area (Å²) < 4.78 is 6.12. The number of rotatable bonds is 2. The van der Waals surface area contributed by atoms with Gasteiger partial charge in [0, 0.05) is 12.0 Å². The van der Waals surface area contributed by atoms with Crippen LogP contribution in [0.1, 0.15) is 33.3 Å². The molecule has 4 rings (SSSR count). The summed E-state index contributed by atoms with van der Waals surface area (Å²) in [5, 5.41) is 0. The number of hydrogen-bond donors (Lipinski definition) is 0. The van der Waals surface area contributed by atoms with Crippen molar-refractivity contribution in [3.8, 4) is 0 Å². The van der Waals surface area contributed by atoms with Crippen molar-refractivity contribution in [3.63, 3.8) is 0 Å². The third-order valence-electron chi connectivity index (χ3n) is 4.71. The first-order valence-corrected chi connectivity index (χ1v) is 7.40. The summed E-state index contributed by atoms with van der Waals surface area (Å²) in [5.41, 5.74) is -0.477. The highest BCUT2D eigenvalue weighted by Crippen LogP contribution is 2.59. The fourth-order valence-corrected chi connectivity index (χ4v) is 3.91. The lowest BCUT2D eigenvalue weighted by atomic mass is 9.62. The van der Waals surface area contributed by atoms with Crippen LogP contribution in [0, 0.1) is 5.92 Å². The topological polar surface area (TPSA) is 29.5 Å². The van der Waals surface area contributed by atoms with Gasteiger partial charge in [0.25, 0.3) is 5.91 Å². The molecular formula is C16H19NO2S. The van der Waals surface area contributed by atoms with Crippen molar-refractivity contribution in [2.75, 3.05) is 0 Å². The molecule has 1 aromatic rings. The number of morpholine rings is 1. The number of benzene rings is 1. The Morgan fingerprint density at radius 1 is 1.30 bits per heavy atom. The van der Waals surface area contributed by atoms with Gasteiger partial charge >= 0.3 is 0 Å². The largest absolute Gasteiger partial charge is 0.346 e. The quantitative estimate of drug-likeness (QED) is 0.784. The Balaban J connectivity index is 2.14. The summed E-state index contributed by atoms with van der Waals surface area (Å²) >= 11 is 5.51. The molecular weight excluding hydrogens is 270 g/mol. The van der Waals surface area contributed by atoms with Gasteiger partial charge in [-0.3, -0.25) is 9.69 Å². The molecule has 3 aliphatic heterocycles. The van der Waals surface area contributed by atoms with E-state index in [1.807, 2.05) is 51.1 Å². The maximum Gasteiger partial charge on any atom is 0.265 e. The van der Waals surface area contributed by atoms with E-state index >= 15 is 0 Å². The maximum atomic E-state index is 13.0. The molecule has 106 valence electrons. The zero-order chi connectivity index (χ0) is 14.7. The van der Waals surface area contributed by atoms with Crippen LogP contribution in [0.5, 0.6) is 0 Å². The molecule has 3 atom stereocenters. The highest BCUT2D eigenvalue weighted by Gasteiger charge is 2.73. The van der Waals surface area contributed by atoms with Crippen LogP contribution in [0.15, 0.2) is 30.3 Å². The lowest BCUT2D eigenvalue weighted by molar-refractivity contribution is -0.293. The number of carbonyl (C=O) groups is 1. The summed E-state index contributed by atoms with van der Waals surface area (Å²) in [6.07, 6.45) is 0. The minimum atomic E-state index is -0.872. The summed E-state index contributed by atoms with van der Waals surface area (Å²) in [6, 6.07) is 9.79. The molecule has 0 aliphatic carbocycles. The Labute approximate surface area is 124 Å². The second kappa shape index (κ2) is 4.12. The summed E-state index contributed by atoms with van der Waals surface area (Å²) in [4.78, 5) is 15.3. The maximum absolute atomic E-state index is 13.0. The predicted molar refractivity (Wildman–Crippen MR) is 81.4 cm³/mol. The van der Waals surface area contributed by atoms with Crippen LogP contribution in [-0.4, -0.2) is 27.4 Å². The summed E-state index contributed by atoms with van der Waals surface area (Å²) in [5.74, 6) is 0.0207. The molecule has 0 unspecified atom stereocenters. The van der Waals surface area contributed by atoms with Gasteiger partial charge in [0.1, 0.15) is 10.6 Å². The van der Waals surface area contributed by atoms with Crippen molar-refractivity contribution in [1.29, 1.82) is 0 Å². The SMILES string of the molecule is CC(C)N1C(=O)[C@@]2(c3ccccc3)O[C@@](C)(C1=S)[C@@H]2C. The predicted octanol–water partition coefficient (Wildman–Crippen LogP) is 2.88. The van der Waals surface area contributed by atoms with Crippen molar-refractivity contribution in [2.24, 2.45) is 5.92 Å². The molecule has 2 bridgehead atoms. The number of piperidine rings is 1. The van der Waals surface area contributed by atoms with E-state index in [1.54, 1.807) is 4.90 Å². The van der Waals surface area contributed by atoms with E-state index in [2.05, 4.69) is 6.92 Å². The molecule has 1 aromatic carbocycles. The molecule has 3 fully saturated rings. The van der Waals surface area contributed by atoms with Crippen LogP contribution in [0.25, 0.3) is 0 Å². The number of thiocarbonyl (C=S) groups is 1. The average molecular weight is 289 g/mol. The minimum absolute atomic E-state index is 0.0278. The zero-order valence-electron chi connectivity index (χ0n) is 12.2. The van der Waals surface area contributed by atoms with E-state index in [9.17, 15) is 4.79 Å². The van der Waals surface area contributed by atoms with Crippen molar-refractivity contribution in [2.45, 2.75) is 44.9 Å². The third kappa shape index (κ3) is 1.38. The molecule has 0 saturated carbocycles. The molecule has 3 nitrogen and oxygen atoms in total. The highest BCUT2D eigenvalue weighted by molar-refractivity contribution is 7.80. The molecule has 3 saturated heterocycles. The van der Waals surface area contributed by atoms with E-state index in [1.165, 1.54) is 0 Å². The van der Waals surface area contributed by atoms with Crippen LogP contribution in [0.2, 0.25) is 0 Å².